The average Bonchev–Trinajstić information content (AvgIpc) is 2.71. The molecule has 1 unspecified atom stereocenters. The van der Waals surface area contributed by atoms with Crippen LogP contribution in [0.5, 0.6) is 0 Å². The third kappa shape index (κ3) is 10.6. The van der Waals surface area contributed by atoms with Gasteiger partial charge in [-0.25, -0.2) is 0 Å². The first-order chi connectivity index (χ1) is 6.06. The lowest BCUT2D eigenvalue weighted by Crippen LogP contribution is -1.98. The monoisotopic (exact) mass is 188 g/mol. The molecule has 0 radical (unpaired) electrons. The van der Waals surface area contributed by atoms with Gasteiger partial charge in [-0.2, -0.15) is 0 Å². The molecule has 0 bridgehead atoms. The lowest BCUT2D eigenvalue weighted by atomic mass is 10.3. The zero-order chi connectivity index (χ0) is 10.3. The molecule has 0 spiro atoms. The Kier molecular flexibility index (Phi) is 5.54. The van der Waals surface area contributed by atoms with Crippen LogP contribution in [0, 0.1) is 0 Å². The van der Waals surface area contributed by atoms with E-state index in [0.29, 0.717) is 6.61 Å². The summed E-state index contributed by atoms with van der Waals surface area (Å²) >= 11 is 0. The fraction of sp³-hybridized carbons (Fsp3) is 0.500. The van der Waals surface area contributed by atoms with Gasteiger partial charge in [-0.3, -0.25) is 9.59 Å². The van der Waals surface area contributed by atoms with Gasteiger partial charge in [-0.15, -0.1) is 0 Å². The number of carbonyl (C=O) groups excluding carboxylic acids is 1. The molecule has 1 aliphatic heterocycles. The molecule has 0 aromatic carbocycles. The number of ether oxygens (including phenoxy) is 2. The van der Waals surface area contributed by atoms with Crippen LogP contribution in [0.1, 0.15) is 13.3 Å². The Morgan fingerprint density at radius 1 is 1.77 bits per heavy atom. The van der Waals surface area contributed by atoms with E-state index in [-0.39, 0.29) is 18.5 Å². The molecule has 1 heterocycles. The minimum absolute atomic E-state index is 0.0255. The van der Waals surface area contributed by atoms with E-state index in [9.17, 15) is 9.59 Å². The van der Waals surface area contributed by atoms with Crippen LogP contribution in [0.3, 0.4) is 0 Å². The number of hydrogen-bond acceptors (Lipinski definition) is 4. The molecular weight excluding hydrogens is 176 g/mol. The fourth-order valence-electron chi connectivity index (χ4n) is 0.498. The van der Waals surface area contributed by atoms with Gasteiger partial charge in [0.2, 0.25) is 0 Å². The molecule has 1 atom stereocenters. The van der Waals surface area contributed by atoms with Crippen molar-refractivity contribution < 1.29 is 24.2 Å². The SMILES string of the molecule is C=COC(C)=O.O=C(O)CC1CO1. The first-order valence-corrected chi connectivity index (χ1v) is 3.67. The molecule has 0 aromatic rings. The quantitative estimate of drug-likeness (QED) is 0.397. The number of carbonyl (C=O) groups is 2. The third-order valence-electron chi connectivity index (χ3n) is 1.05. The molecule has 13 heavy (non-hydrogen) atoms. The van der Waals surface area contributed by atoms with Crippen LogP contribution in [-0.2, 0) is 19.1 Å². The number of epoxide rings is 1. The number of carboxylic acids is 1. The van der Waals surface area contributed by atoms with Crippen molar-refractivity contribution in [1.82, 2.24) is 0 Å². The van der Waals surface area contributed by atoms with Gasteiger partial charge in [0, 0.05) is 6.92 Å². The van der Waals surface area contributed by atoms with Crippen molar-refractivity contribution in [2.75, 3.05) is 6.61 Å². The molecule has 1 N–H and O–H groups in total. The van der Waals surface area contributed by atoms with Crippen LogP contribution in [-0.4, -0.2) is 29.8 Å². The topological polar surface area (TPSA) is 76.1 Å². The summed E-state index contributed by atoms with van der Waals surface area (Å²) < 4.78 is 8.81. The van der Waals surface area contributed by atoms with E-state index in [1.54, 1.807) is 0 Å². The lowest BCUT2D eigenvalue weighted by molar-refractivity contribution is -0.137. The largest absolute Gasteiger partial charge is 0.481 e. The van der Waals surface area contributed by atoms with E-state index in [2.05, 4.69) is 16.1 Å². The predicted octanol–water partition coefficient (Wildman–Crippen LogP) is 0.553. The maximum Gasteiger partial charge on any atom is 0.307 e. The maximum atomic E-state index is 9.77. The second kappa shape index (κ2) is 6.19. The Hall–Kier alpha value is -1.36. The zero-order valence-corrected chi connectivity index (χ0v) is 7.36. The first-order valence-electron chi connectivity index (χ1n) is 3.67. The highest BCUT2D eigenvalue weighted by atomic mass is 16.6. The molecule has 0 aromatic heterocycles. The number of hydrogen-bond donors (Lipinski definition) is 1. The Morgan fingerprint density at radius 2 is 2.31 bits per heavy atom. The molecule has 0 aliphatic carbocycles. The van der Waals surface area contributed by atoms with Crippen LogP contribution in [0.4, 0.5) is 0 Å². The smallest absolute Gasteiger partial charge is 0.307 e. The fourth-order valence-corrected chi connectivity index (χ4v) is 0.498. The van der Waals surface area contributed by atoms with Gasteiger partial charge < -0.3 is 14.6 Å². The zero-order valence-electron chi connectivity index (χ0n) is 7.36. The van der Waals surface area contributed by atoms with Crippen molar-refractivity contribution in [3.63, 3.8) is 0 Å². The van der Waals surface area contributed by atoms with Gasteiger partial charge in [0.05, 0.1) is 25.4 Å². The van der Waals surface area contributed by atoms with Crippen molar-refractivity contribution in [2.24, 2.45) is 0 Å². The van der Waals surface area contributed by atoms with Crippen molar-refractivity contribution in [2.45, 2.75) is 19.4 Å². The van der Waals surface area contributed by atoms with Crippen LogP contribution in [0.15, 0.2) is 12.8 Å². The second-order valence-electron chi connectivity index (χ2n) is 2.33. The van der Waals surface area contributed by atoms with Crippen LogP contribution < -0.4 is 0 Å². The summed E-state index contributed by atoms with van der Waals surface area (Å²) in [5, 5.41) is 8.04. The molecule has 1 aliphatic rings. The Labute approximate surface area is 75.9 Å². The summed E-state index contributed by atoms with van der Waals surface area (Å²) in [5.41, 5.74) is 0. The Bertz CT molecular complexity index is 195. The highest BCUT2D eigenvalue weighted by Gasteiger charge is 2.24. The standard InChI is InChI=1S/C4H6O3.C4H6O2/c5-4(6)1-3-2-7-3;1-3-6-4(2)5/h3H,1-2H2,(H,5,6);3H,1H2,2H3. The Morgan fingerprint density at radius 3 is 2.38 bits per heavy atom. The van der Waals surface area contributed by atoms with Gasteiger partial charge in [0.1, 0.15) is 0 Å². The van der Waals surface area contributed by atoms with E-state index < -0.39 is 5.97 Å². The summed E-state index contributed by atoms with van der Waals surface area (Å²) in [5.74, 6) is -1.10. The summed E-state index contributed by atoms with van der Waals surface area (Å²) in [6.07, 6.45) is 1.29. The van der Waals surface area contributed by atoms with Crippen molar-refractivity contribution in [3.8, 4) is 0 Å². The first kappa shape index (κ1) is 11.6. The maximum absolute atomic E-state index is 9.77. The van der Waals surface area contributed by atoms with Gasteiger partial charge >= 0.3 is 11.9 Å². The van der Waals surface area contributed by atoms with Crippen molar-refractivity contribution >= 4 is 11.9 Å². The molecule has 1 rings (SSSR count). The van der Waals surface area contributed by atoms with Crippen LogP contribution in [0.2, 0.25) is 0 Å². The number of rotatable bonds is 3. The lowest BCUT2D eigenvalue weighted by Gasteiger charge is -1.83. The second-order valence-corrected chi connectivity index (χ2v) is 2.33. The third-order valence-corrected chi connectivity index (χ3v) is 1.05. The van der Waals surface area contributed by atoms with E-state index in [4.69, 9.17) is 5.11 Å². The molecule has 74 valence electrons. The van der Waals surface area contributed by atoms with Crippen molar-refractivity contribution in [1.29, 1.82) is 0 Å². The molecule has 5 heteroatoms. The summed E-state index contributed by atoms with van der Waals surface area (Å²) in [6, 6.07) is 0. The summed E-state index contributed by atoms with van der Waals surface area (Å²) in [7, 11) is 0. The molecule has 0 amide bonds. The van der Waals surface area contributed by atoms with E-state index in [1.807, 2.05) is 0 Å². The van der Waals surface area contributed by atoms with E-state index in [0.717, 1.165) is 6.26 Å². The van der Waals surface area contributed by atoms with E-state index in [1.165, 1.54) is 6.92 Å². The highest BCUT2D eigenvalue weighted by molar-refractivity contribution is 5.67. The Balaban J connectivity index is 0.000000226. The minimum atomic E-state index is -0.775. The molecule has 1 saturated heterocycles. The molecular formula is C8H12O5. The van der Waals surface area contributed by atoms with Gasteiger partial charge in [-0.05, 0) is 0 Å². The van der Waals surface area contributed by atoms with E-state index >= 15 is 0 Å². The predicted molar refractivity (Wildman–Crippen MR) is 44.0 cm³/mol. The average molecular weight is 188 g/mol. The molecule has 5 nitrogen and oxygen atoms in total. The van der Waals surface area contributed by atoms with Crippen LogP contribution in [0.25, 0.3) is 0 Å². The van der Waals surface area contributed by atoms with Crippen LogP contribution >= 0.6 is 0 Å². The number of esters is 1. The van der Waals surface area contributed by atoms with Gasteiger partial charge in [0.15, 0.2) is 0 Å². The number of carboxylic acid groups (broad SMARTS) is 1. The normalized spacial score (nSPS) is 17.8. The molecule has 0 saturated carbocycles. The summed E-state index contributed by atoms with van der Waals surface area (Å²) in [4.78, 5) is 19.5. The molecule has 1 fully saturated rings. The highest BCUT2D eigenvalue weighted by Crippen LogP contribution is 2.12. The minimum Gasteiger partial charge on any atom is -0.481 e. The summed E-state index contributed by atoms with van der Waals surface area (Å²) in [6.45, 7) is 5.11. The number of aliphatic carboxylic acids is 1. The van der Waals surface area contributed by atoms with Gasteiger partial charge in [0.25, 0.3) is 0 Å². The van der Waals surface area contributed by atoms with Gasteiger partial charge in [-0.1, -0.05) is 6.58 Å². The van der Waals surface area contributed by atoms with Crippen molar-refractivity contribution in [3.05, 3.63) is 12.8 Å².